The quantitative estimate of drug-likeness (QED) is 0.319. The molecule has 1 atom stereocenters. The van der Waals surface area contributed by atoms with E-state index >= 15 is 0 Å². The molecule has 2 N–H and O–H groups in total. The fourth-order valence-electron chi connectivity index (χ4n) is 2.85. The van der Waals surface area contributed by atoms with Crippen LogP contribution in [-0.4, -0.2) is 36.1 Å². The largest absolute Gasteiger partial charge is 0.396 e. The van der Waals surface area contributed by atoms with E-state index in [9.17, 15) is 5.11 Å². The third-order valence-electron chi connectivity index (χ3n) is 4.41. The topological polar surface area (TPSA) is 49.7 Å². The van der Waals surface area contributed by atoms with Gasteiger partial charge >= 0.3 is 0 Å². The highest BCUT2D eigenvalue weighted by molar-refractivity contribution is 4.52. The Hall–Kier alpha value is -0.120. The van der Waals surface area contributed by atoms with Gasteiger partial charge in [0.2, 0.25) is 0 Å². The fraction of sp³-hybridized carbons (Fsp3) is 1.00. The van der Waals surface area contributed by atoms with Crippen LogP contribution in [0.5, 0.6) is 0 Å². The van der Waals surface area contributed by atoms with Crippen LogP contribution in [0.25, 0.3) is 0 Å². The summed E-state index contributed by atoms with van der Waals surface area (Å²) >= 11 is 0. The van der Waals surface area contributed by atoms with E-state index in [0.29, 0.717) is 13.0 Å². The molecule has 23 heavy (non-hydrogen) atoms. The lowest BCUT2D eigenvalue weighted by Gasteiger charge is -2.09. The third kappa shape index (κ3) is 19.8. The van der Waals surface area contributed by atoms with Crippen molar-refractivity contribution in [2.24, 2.45) is 0 Å². The minimum absolute atomic E-state index is 0.0311. The van der Waals surface area contributed by atoms with Crippen molar-refractivity contribution in [3.05, 3.63) is 0 Å². The molecule has 0 radical (unpaired) electrons. The van der Waals surface area contributed by atoms with Gasteiger partial charge in [0.05, 0.1) is 12.7 Å². The number of hydrogen-bond acceptors (Lipinski definition) is 3. The molecule has 0 aliphatic carbocycles. The molecule has 0 aliphatic rings. The van der Waals surface area contributed by atoms with E-state index in [2.05, 4.69) is 6.92 Å². The zero-order valence-corrected chi connectivity index (χ0v) is 15.6. The molecule has 0 aromatic rings. The molecule has 0 rings (SSSR count). The second-order valence-electron chi connectivity index (χ2n) is 6.84. The molecule has 0 fully saturated rings. The Morgan fingerprint density at radius 1 is 0.696 bits per heavy atom. The van der Waals surface area contributed by atoms with Gasteiger partial charge < -0.3 is 14.9 Å². The average molecular weight is 331 g/mol. The van der Waals surface area contributed by atoms with Crippen LogP contribution in [0.3, 0.4) is 0 Å². The summed E-state index contributed by atoms with van der Waals surface area (Å²) in [6.45, 7) is 3.40. The van der Waals surface area contributed by atoms with E-state index in [0.717, 1.165) is 13.0 Å². The minimum atomic E-state index is -0.508. The van der Waals surface area contributed by atoms with E-state index in [-0.39, 0.29) is 6.61 Å². The summed E-state index contributed by atoms with van der Waals surface area (Å²) in [5.74, 6) is 0. The van der Waals surface area contributed by atoms with Crippen LogP contribution in [0.2, 0.25) is 0 Å². The molecule has 3 nitrogen and oxygen atoms in total. The van der Waals surface area contributed by atoms with E-state index in [1.54, 1.807) is 0 Å². The first-order chi connectivity index (χ1) is 11.3. The first-order valence-electron chi connectivity index (χ1n) is 10.2. The summed E-state index contributed by atoms with van der Waals surface area (Å²) in [6, 6.07) is 0. The zero-order chi connectivity index (χ0) is 17.0. The van der Waals surface area contributed by atoms with Crippen molar-refractivity contribution >= 4 is 0 Å². The lowest BCUT2D eigenvalue weighted by molar-refractivity contribution is 0.0228. The monoisotopic (exact) mass is 330 g/mol. The highest BCUT2D eigenvalue weighted by Crippen LogP contribution is 2.12. The summed E-state index contributed by atoms with van der Waals surface area (Å²) in [5.41, 5.74) is 0. The number of rotatable bonds is 19. The van der Waals surface area contributed by atoms with Crippen LogP contribution < -0.4 is 0 Å². The van der Waals surface area contributed by atoms with Crippen LogP contribution in [0, 0.1) is 0 Å². The van der Waals surface area contributed by atoms with Crippen LogP contribution in [0.4, 0.5) is 0 Å². The Balaban J connectivity index is 3.00. The maximum absolute atomic E-state index is 9.38. The number of unbranched alkanes of at least 4 members (excludes halogenated alkanes) is 13. The van der Waals surface area contributed by atoms with Gasteiger partial charge in [-0.1, -0.05) is 90.4 Å². The zero-order valence-electron chi connectivity index (χ0n) is 15.6. The Morgan fingerprint density at radius 2 is 1.13 bits per heavy atom. The maximum Gasteiger partial charge on any atom is 0.0795 e. The second-order valence-corrected chi connectivity index (χ2v) is 6.84. The lowest BCUT2D eigenvalue weighted by Crippen LogP contribution is -2.17. The molecule has 0 bridgehead atoms. The van der Waals surface area contributed by atoms with Crippen molar-refractivity contribution in [2.75, 3.05) is 19.8 Å². The molecule has 0 unspecified atom stereocenters. The molecule has 0 aromatic heterocycles. The van der Waals surface area contributed by atoms with Crippen molar-refractivity contribution in [3.63, 3.8) is 0 Å². The highest BCUT2D eigenvalue weighted by Gasteiger charge is 2.02. The van der Waals surface area contributed by atoms with Gasteiger partial charge in [0.15, 0.2) is 0 Å². The molecule has 0 aromatic carbocycles. The first-order valence-corrected chi connectivity index (χ1v) is 10.2. The van der Waals surface area contributed by atoms with E-state index in [4.69, 9.17) is 9.84 Å². The molecular formula is C20H42O3. The number of aliphatic hydroxyl groups is 2. The van der Waals surface area contributed by atoms with Crippen LogP contribution in [0.15, 0.2) is 0 Å². The van der Waals surface area contributed by atoms with Crippen LogP contribution >= 0.6 is 0 Å². The Bertz CT molecular complexity index is 209. The summed E-state index contributed by atoms with van der Waals surface area (Å²) in [7, 11) is 0. The molecule has 0 heterocycles. The molecule has 0 saturated carbocycles. The van der Waals surface area contributed by atoms with Gasteiger partial charge in [-0.2, -0.15) is 0 Å². The van der Waals surface area contributed by atoms with Crippen molar-refractivity contribution in [2.45, 2.75) is 109 Å². The lowest BCUT2D eigenvalue weighted by atomic mass is 10.0. The van der Waals surface area contributed by atoms with Gasteiger partial charge in [-0.25, -0.2) is 0 Å². The Morgan fingerprint density at radius 3 is 1.57 bits per heavy atom. The molecule has 0 saturated heterocycles. The normalized spacial score (nSPS) is 12.7. The molecule has 0 spiro atoms. The average Bonchev–Trinajstić information content (AvgIpc) is 2.54. The molecular weight excluding hydrogens is 288 g/mol. The van der Waals surface area contributed by atoms with Gasteiger partial charge in [0.25, 0.3) is 0 Å². The Labute approximate surface area is 144 Å². The van der Waals surface area contributed by atoms with Crippen molar-refractivity contribution in [1.82, 2.24) is 0 Å². The number of ether oxygens (including phenoxy) is 1. The summed E-state index contributed by atoms with van der Waals surface area (Å²) in [6.07, 6.45) is 19.0. The summed E-state index contributed by atoms with van der Waals surface area (Å²) in [5, 5.41) is 18.0. The van der Waals surface area contributed by atoms with Crippen molar-refractivity contribution < 1.29 is 14.9 Å². The second kappa shape index (κ2) is 19.9. The smallest absolute Gasteiger partial charge is 0.0795 e. The van der Waals surface area contributed by atoms with Crippen LogP contribution in [0.1, 0.15) is 103 Å². The minimum Gasteiger partial charge on any atom is -0.396 e. The van der Waals surface area contributed by atoms with Gasteiger partial charge in [-0.15, -0.1) is 0 Å². The molecule has 140 valence electrons. The molecule has 0 aliphatic heterocycles. The van der Waals surface area contributed by atoms with E-state index < -0.39 is 6.10 Å². The summed E-state index contributed by atoms with van der Waals surface area (Å²) < 4.78 is 5.39. The SMILES string of the molecule is CCCCCCCCCCCCCCCCOC[C@H](O)CCO. The first kappa shape index (κ1) is 22.9. The number of aliphatic hydroxyl groups excluding tert-OH is 2. The van der Waals surface area contributed by atoms with Gasteiger partial charge in [0, 0.05) is 13.2 Å². The molecule has 3 heteroatoms. The molecule has 0 amide bonds. The van der Waals surface area contributed by atoms with Gasteiger partial charge in [-0.3, -0.25) is 0 Å². The standard InChI is InChI=1S/C20H42O3/c1-2-3-4-5-6-7-8-9-10-11-12-13-14-15-18-23-19-20(22)16-17-21/h20-22H,2-19H2,1H3/t20-/m1/s1. The number of hydrogen-bond donors (Lipinski definition) is 2. The van der Waals surface area contributed by atoms with Crippen LogP contribution in [-0.2, 0) is 4.74 Å². The predicted octanol–water partition coefficient (Wildman–Crippen LogP) is 5.23. The predicted molar refractivity (Wildman–Crippen MR) is 98.8 cm³/mol. The Kier molecular flexibility index (Phi) is 19.8. The van der Waals surface area contributed by atoms with Gasteiger partial charge in [0.1, 0.15) is 0 Å². The van der Waals surface area contributed by atoms with Crippen molar-refractivity contribution in [1.29, 1.82) is 0 Å². The fourth-order valence-corrected chi connectivity index (χ4v) is 2.85. The third-order valence-corrected chi connectivity index (χ3v) is 4.41. The maximum atomic E-state index is 9.38. The van der Waals surface area contributed by atoms with Gasteiger partial charge in [-0.05, 0) is 12.8 Å². The highest BCUT2D eigenvalue weighted by atomic mass is 16.5. The van der Waals surface area contributed by atoms with Crippen molar-refractivity contribution in [3.8, 4) is 0 Å². The van der Waals surface area contributed by atoms with E-state index in [1.807, 2.05) is 0 Å². The summed E-state index contributed by atoms with van der Waals surface area (Å²) in [4.78, 5) is 0. The van der Waals surface area contributed by atoms with E-state index in [1.165, 1.54) is 83.5 Å².